The first-order valence-electron chi connectivity index (χ1n) is 14.8. The molecule has 2 heterocycles. The molecule has 2 saturated heterocycles. The molecular weight excluding hydrogens is 614 g/mol. The zero-order chi connectivity index (χ0) is 33.5. The Morgan fingerprint density at radius 2 is 1.59 bits per heavy atom. The highest BCUT2D eigenvalue weighted by atomic mass is 19.4. The number of ketones is 2. The maximum atomic E-state index is 14.9. The standard InChI is InChI=1S/C33H34F6N4O3/c1-21(44)31(40)20-41-11-13-43(31)27-10-12-42(19-22-6-3-2-4-7-22)30(18-27,24-8-5-9-28(45)17-24)29(46)23-14-25(32(34,35)36)16-26(15-23)33(37,38)39/h2-9,14-17,27,41,45H,10-13,18-20,40H2,1H3. The summed E-state index contributed by atoms with van der Waals surface area (Å²) in [6, 6.07) is 14.9. The van der Waals surface area contributed by atoms with Crippen molar-refractivity contribution in [3.05, 3.63) is 101 Å². The van der Waals surface area contributed by atoms with E-state index in [9.17, 15) is 41.0 Å². The Bertz CT molecular complexity index is 1570. The fourth-order valence-electron chi connectivity index (χ4n) is 6.72. The number of hydrogen-bond donors (Lipinski definition) is 3. The Labute approximate surface area is 262 Å². The summed E-state index contributed by atoms with van der Waals surface area (Å²) < 4.78 is 83.8. The van der Waals surface area contributed by atoms with Gasteiger partial charge in [-0.25, -0.2) is 0 Å². The van der Waals surface area contributed by atoms with Crippen molar-refractivity contribution in [2.75, 3.05) is 26.2 Å². The zero-order valence-electron chi connectivity index (χ0n) is 25.0. The molecule has 0 radical (unpaired) electrons. The largest absolute Gasteiger partial charge is 0.508 e. The maximum absolute atomic E-state index is 14.9. The summed E-state index contributed by atoms with van der Waals surface area (Å²) in [6.45, 7) is 2.52. The fraction of sp³-hybridized carbons (Fsp3) is 0.394. The van der Waals surface area contributed by atoms with E-state index in [1.165, 1.54) is 31.2 Å². The van der Waals surface area contributed by atoms with Crippen molar-refractivity contribution < 1.29 is 41.0 Å². The number of rotatable bonds is 7. The summed E-state index contributed by atoms with van der Waals surface area (Å²) >= 11 is 0. The number of nitrogens with one attached hydrogen (secondary N) is 1. The lowest BCUT2D eigenvalue weighted by Gasteiger charge is -2.55. The van der Waals surface area contributed by atoms with Crippen LogP contribution in [0.5, 0.6) is 5.75 Å². The van der Waals surface area contributed by atoms with Crippen molar-refractivity contribution in [3.63, 3.8) is 0 Å². The first-order valence-corrected chi connectivity index (χ1v) is 14.8. The van der Waals surface area contributed by atoms with Gasteiger partial charge < -0.3 is 16.2 Å². The summed E-state index contributed by atoms with van der Waals surface area (Å²) in [6.07, 6.45) is -10.1. The van der Waals surface area contributed by atoms with Crippen LogP contribution in [0, 0.1) is 0 Å². The molecule has 0 saturated carbocycles. The number of halogens is 6. The second kappa shape index (κ2) is 12.4. The van der Waals surface area contributed by atoms with E-state index in [4.69, 9.17) is 5.73 Å². The number of alkyl halides is 6. The van der Waals surface area contributed by atoms with Gasteiger partial charge >= 0.3 is 12.4 Å². The van der Waals surface area contributed by atoms with Crippen LogP contribution in [0.1, 0.15) is 52.4 Å². The molecule has 2 aliphatic rings. The molecule has 13 heteroatoms. The second-order valence-corrected chi connectivity index (χ2v) is 11.9. The van der Waals surface area contributed by atoms with Crippen LogP contribution in [0.15, 0.2) is 72.8 Å². The van der Waals surface area contributed by atoms with Crippen LogP contribution >= 0.6 is 0 Å². The van der Waals surface area contributed by atoms with Gasteiger partial charge in [-0.15, -0.1) is 0 Å². The van der Waals surface area contributed by atoms with Crippen LogP contribution in [-0.4, -0.2) is 64.4 Å². The summed E-state index contributed by atoms with van der Waals surface area (Å²) in [4.78, 5) is 31.3. The van der Waals surface area contributed by atoms with E-state index >= 15 is 0 Å². The molecule has 4 N–H and O–H groups in total. The molecule has 2 fully saturated rings. The van der Waals surface area contributed by atoms with E-state index < -0.39 is 52.1 Å². The average molecular weight is 649 g/mol. The zero-order valence-corrected chi connectivity index (χ0v) is 25.0. The fourth-order valence-corrected chi connectivity index (χ4v) is 6.72. The van der Waals surface area contributed by atoms with Gasteiger partial charge in [0.15, 0.2) is 11.6 Å². The number of phenols is 1. The summed E-state index contributed by atoms with van der Waals surface area (Å²) in [5, 5.41) is 13.7. The molecular formula is C33H34F6N4O3. The third-order valence-electron chi connectivity index (χ3n) is 9.06. The minimum Gasteiger partial charge on any atom is -0.508 e. The third-order valence-corrected chi connectivity index (χ3v) is 9.06. The number of nitrogens with two attached hydrogens (primary N) is 1. The number of aromatic hydroxyl groups is 1. The summed E-state index contributed by atoms with van der Waals surface area (Å²) in [5.74, 6) is -1.59. The van der Waals surface area contributed by atoms with E-state index in [1.54, 1.807) is 40.1 Å². The van der Waals surface area contributed by atoms with Crippen LogP contribution in [0.3, 0.4) is 0 Å². The number of Topliss-reactive ketones (excluding diaryl/α,β-unsaturated/α-hetero) is 2. The van der Waals surface area contributed by atoms with Crippen LogP contribution in [0.25, 0.3) is 0 Å². The van der Waals surface area contributed by atoms with E-state index in [-0.39, 0.29) is 49.2 Å². The molecule has 0 aromatic heterocycles. The van der Waals surface area contributed by atoms with E-state index in [0.717, 1.165) is 5.56 Å². The lowest BCUT2D eigenvalue weighted by molar-refractivity contribution is -0.143. The smallest absolute Gasteiger partial charge is 0.416 e. The Hall–Kier alpha value is -3.78. The molecule has 0 amide bonds. The van der Waals surface area contributed by atoms with Crippen molar-refractivity contribution >= 4 is 11.6 Å². The first-order chi connectivity index (χ1) is 21.6. The molecule has 46 heavy (non-hydrogen) atoms. The highest BCUT2D eigenvalue weighted by molar-refractivity contribution is 6.04. The highest BCUT2D eigenvalue weighted by Crippen LogP contribution is 2.46. The monoisotopic (exact) mass is 648 g/mol. The number of piperidine rings is 1. The number of carbonyl (C=O) groups excluding carboxylic acids is 2. The van der Waals surface area contributed by atoms with Crippen LogP contribution in [-0.2, 0) is 29.2 Å². The quantitative estimate of drug-likeness (QED) is 0.236. The third kappa shape index (κ3) is 6.41. The van der Waals surface area contributed by atoms with Gasteiger partial charge in [0.25, 0.3) is 0 Å². The number of piperazine rings is 1. The van der Waals surface area contributed by atoms with Gasteiger partial charge in [-0.2, -0.15) is 26.3 Å². The van der Waals surface area contributed by atoms with E-state index in [1.807, 2.05) is 0 Å². The number of phenolic OH excluding ortho intramolecular Hbond substituents is 1. The highest BCUT2D eigenvalue weighted by Gasteiger charge is 2.54. The predicted molar refractivity (Wildman–Crippen MR) is 158 cm³/mol. The second-order valence-electron chi connectivity index (χ2n) is 11.9. The predicted octanol–water partition coefficient (Wildman–Crippen LogP) is 5.32. The van der Waals surface area contributed by atoms with Crippen molar-refractivity contribution in [1.82, 2.24) is 15.1 Å². The Balaban J connectivity index is 1.75. The number of likely N-dealkylation sites (tertiary alicyclic amines) is 1. The lowest BCUT2D eigenvalue weighted by Crippen LogP contribution is -2.74. The van der Waals surface area contributed by atoms with Gasteiger partial charge in [0.05, 0.1) is 11.1 Å². The minimum absolute atomic E-state index is 0.0143. The van der Waals surface area contributed by atoms with Crippen molar-refractivity contribution in [3.8, 4) is 5.75 Å². The maximum Gasteiger partial charge on any atom is 0.416 e. The molecule has 3 unspecified atom stereocenters. The van der Waals surface area contributed by atoms with Gasteiger partial charge in [0.2, 0.25) is 0 Å². The van der Waals surface area contributed by atoms with Gasteiger partial charge in [-0.1, -0.05) is 42.5 Å². The average Bonchev–Trinajstić information content (AvgIpc) is 3.00. The van der Waals surface area contributed by atoms with Gasteiger partial charge in [-0.05, 0) is 61.2 Å². The van der Waals surface area contributed by atoms with Gasteiger partial charge in [0, 0.05) is 44.3 Å². The van der Waals surface area contributed by atoms with Crippen LogP contribution < -0.4 is 11.1 Å². The minimum atomic E-state index is -5.17. The normalized spacial score (nSPS) is 24.9. The molecule has 5 rings (SSSR count). The van der Waals surface area contributed by atoms with Crippen molar-refractivity contribution in [2.45, 2.75) is 55.9 Å². The first kappa shape index (κ1) is 33.6. The topological polar surface area (TPSA) is 98.9 Å². The van der Waals surface area contributed by atoms with Crippen molar-refractivity contribution in [1.29, 1.82) is 0 Å². The van der Waals surface area contributed by atoms with Crippen molar-refractivity contribution in [2.24, 2.45) is 5.73 Å². The lowest BCUT2D eigenvalue weighted by atomic mass is 9.72. The molecule has 2 aliphatic heterocycles. The van der Waals surface area contributed by atoms with Crippen LogP contribution in [0.4, 0.5) is 26.3 Å². The number of hydrogen-bond acceptors (Lipinski definition) is 7. The molecule has 246 valence electrons. The van der Waals surface area contributed by atoms with Gasteiger partial charge in [-0.3, -0.25) is 19.4 Å². The summed E-state index contributed by atoms with van der Waals surface area (Å²) in [5.41, 5.74) is 0.231. The Kier molecular flexibility index (Phi) is 9.08. The number of nitrogens with zero attached hydrogens (tertiary/aromatic N) is 2. The summed E-state index contributed by atoms with van der Waals surface area (Å²) in [7, 11) is 0. The van der Waals surface area contributed by atoms with E-state index in [0.29, 0.717) is 31.6 Å². The molecule has 3 atom stereocenters. The molecule has 0 aliphatic carbocycles. The molecule has 0 spiro atoms. The molecule has 0 bridgehead atoms. The van der Waals surface area contributed by atoms with Crippen LogP contribution in [0.2, 0.25) is 0 Å². The SMILES string of the molecule is CC(=O)C1(N)CNCCN1C1CCN(Cc2ccccc2)C(C(=O)c2cc(C(F)(F)F)cc(C(F)(F)F)c2)(c2cccc(O)c2)C1. The van der Waals surface area contributed by atoms with E-state index in [2.05, 4.69) is 5.32 Å². The Morgan fingerprint density at radius 1 is 0.935 bits per heavy atom. The molecule has 7 nitrogen and oxygen atoms in total. The number of benzene rings is 3. The molecule has 3 aromatic rings. The Morgan fingerprint density at radius 3 is 2.17 bits per heavy atom. The number of carbonyl (C=O) groups is 2. The van der Waals surface area contributed by atoms with Gasteiger partial charge in [0.1, 0.15) is 17.0 Å². The molecule has 3 aromatic carbocycles.